The molecule has 4 heteroatoms. The molecule has 7 heavy (non-hydrogen) atoms. The van der Waals surface area contributed by atoms with Crippen LogP contribution in [0.25, 0.3) is 0 Å². The second-order valence-electron chi connectivity index (χ2n) is 0.867. The molecule has 0 aliphatic carbocycles. The van der Waals surface area contributed by atoms with Crippen molar-refractivity contribution in [2.45, 2.75) is 6.42 Å². The van der Waals surface area contributed by atoms with Gasteiger partial charge in [0, 0.05) is 22.8 Å². The van der Waals surface area contributed by atoms with Crippen LogP contribution in [0.4, 0.5) is 0 Å². The van der Waals surface area contributed by atoms with Gasteiger partial charge in [-0.3, -0.25) is 4.79 Å². The third-order valence-corrected chi connectivity index (χ3v) is 0.549. The molecule has 0 spiro atoms. The van der Waals surface area contributed by atoms with Crippen LogP contribution >= 0.6 is 12.6 Å². The van der Waals surface area contributed by atoms with Gasteiger partial charge < -0.3 is 5.11 Å². The van der Waals surface area contributed by atoms with Crippen molar-refractivity contribution in [2.75, 3.05) is 5.75 Å². The molecule has 0 saturated carbocycles. The summed E-state index contributed by atoms with van der Waals surface area (Å²) in [7, 11) is 0. The SMILES string of the molecule is O=C(O)CCS.[Cu]. The van der Waals surface area contributed by atoms with Crippen LogP contribution < -0.4 is 0 Å². The first-order valence-electron chi connectivity index (χ1n) is 1.60. The van der Waals surface area contributed by atoms with Gasteiger partial charge in [0.2, 0.25) is 0 Å². The molecule has 0 aromatic heterocycles. The van der Waals surface area contributed by atoms with Crippen molar-refractivity contribution in [1.29, 1.82) is 0 Å². The van der Waals surface area contributed by atoms with E-state index in [0.717, 1.165) is 0 Å². The molecule has 0 amide bonds. The first kappa shape index (κ1) is 10.3. The van der Waals surface area contributed by atoms with Gasteiger partial charge in [-0.05, 0) is 0 Å². The molecule has 0 unspecified atom stereocenters. The molecule has 2 nitrogen and oxygen atoms in total. The van der Waals surface area contributed by atoms with Crippen molar-refractivity contribution < 1.29 is 27.0 Å². The number of thiol groups is 1. The van der Waals surface area contributed by atoms with Gasteiger partial charge in [0.1, 0.15) is 0 Å². The van der Waals surface area contributed by atoms with Gasteiger partial charge in [0.15, 0.2) is 0 Å². The van der Waals surface area contributed by atoms with Crippen LogP contribution in [0.1, 0.15) is 6.42 Å². The molecule has 0 rings (SSSR count). The fourth-order valence-corrected chi connectivity index (χ4v) is 0.287. The number of aliphatic carboxylic acids is 1. The Kier molecular flexibility index (Phi) is 9.37. The number of rotatable bonds is 2. The molecule has 47 valence electrons. The van der Waals surface area contributed by atoms with Crippen LogP contribution in [0, 0.1) is 0 Å². The average Bonchev–Trinajstić information content (AvgIpc) is 1.35. The van der Waals surface area contributed by atoms with E-state index in [9.17, 15) is 4.79 Å². The van der Waals surface area contributed by atoms with Crippen molar-refractivity contribution in [3.8, 4) is 0 Å². The van der Waals surface area contributed by atoms with E-state index in [2.05, 4.69) is 12.6 Å². The monoisotopic (exact) mass is 169 g/mol. The summed E-state index contributed by atoms with van der Waals surface area (Å²) in [5.74, 6) is -0.361. The maximum Gasteiger partial charge on any atom is 0.304 e. The Hall–Kier alpha value is 0.339. The topological polar surface area (TPSA) is 37.3 Å². The van der Waals surface area contributed by atoms with Gasteiger partial charge in [0.05, 0.1) is 6.42 Å². The van der Waals surface area contributed by atoms with Gasteiger partial charge in [-0.25, -0.2) is 0 Å². The number of hydrogen-bond acceptors (Lipinski definition) is 2. The summed E-state index contributed by atoms with van der Waals surface area (Å²) in [5.41, 5.74) is 0. The van der Waals surface area contributed by atoms with Crippen LogP contribution in [0.3, 0.4) is 0 Å². The van der Waals surface area contributed by atoms with E-state index in [1.165, 1.54) is 0 Å². The maximum absolute atomic E-state index is 9.55. The molecule has 0 bridgehead atoms. The predicted octanol–water partition coefficient (Wildman–Crippen LogP) is 0.388. The summed E-state index contributed by atoms with van der Waals surface area (Å²) in [6, 6.07) is 0. The zero-order chi connectivity index (χ0) is 4.99. The van der Waals surface area contributed by atoms with Gasteiger partial charge in [0.25, 0.3) is 0 Å². The summed E-state index contributed by atoms with van der Waals surface area (Å²) in [6.07, 6.45) is 0.156. The quantitative estimate of drug-likeness (QED) is 0.464. The second kappa shape index (κ2) is 6.34. The molecule has 0 aromatic rings. The normalized spacial score (nSPS) is 7.00. The minimum absolute atomic E-state index is 0. The molecule has 0 heterocycles. The number of carboxylic acid groups (broad SMARTS) is 1. The Labute approximate surface area is 58.2 Å². The molecule has 0 aliphatic rings. The predicted molar refractivity (Wildman–Crippen MR) is 26.1 cm³/mol. The van der Waals surface area contributed by atoms with Crippen LogP contribution in [0.2, 0.25) is 0 Å². The first-order valence-corrected chi connectivity index (χ1v) is 2.23. The Balaban J connectivity index is 0. The first-order chi connectivity index (χ1) is 2.77. The van der Waals surface area contributed by atoms with E-state index in [1.807, 2.05) is 0 Å². The van der Waals surface area contributed by atoms with Crippen molar-refractivity contribution >= 4 is 18.6 Å². The number of carbonyl (C=O) groups is 1. The third kappa shape index (κ3) is 10.7. The van der Waals surface area contributed by atoms with Gasteiger partial charge in [-0.15, -0.1) is 0 Å². The van der Waals surface area contributed by atoms with Crippen LogP contribution in [-0.4, -0.2) is 16.8 Å². The third-order valence-electron chi connectivity index (χ3n) is 0.326. The molecular weight excluding hydrogens is 164 g/mol. The fourth-order valence-electron chi connectivity index (χ4n) is 0.0956. The molecule has 0 atom stereocenters. The number of hydrogen-bond donors (Lipinski definition) is 2. The summed E-state index contributed by atoms with van der Waals surface area (Å²) >= 11 is 3.68. The molecule has 0 aliphatic heterocycles. The van der Waals surface area contributed by atoms with E-state index < -0.39 is 5.97 Å². The molecule has 0 saturated heterocycles. The van der Waals surface area contributed by atoms with Crippen LogP contribution in [0.15, 0.2) is 0 Å². The minimum atomic E-state index is -0.787. The Morgan fingerprint density at radius 3 is 2.14 bits per heavy atom. The molecule has 0 aromatic carbocycles. The van der Waals surface area contributed by atoms with E-state index in [4.69, 9.17) is 5.11 Å². The number of carboxylic acids is 1. The smallest absolute Gasteiger partial charge is 0.304 e. The van der Waals surface area contributed by atoms with Crippen molar-refractivity contribution in [1.82, 2.24) is 0 Å². The Bertz CT molecular complexity index is 56.9. The summed E-state index contributed by atoms with van der Waals surface area (Å²) in [6.45, 7) is 0. The van der Waals surface area contributed by atoms with Gasteiger partial charge >= 0.3 is 5.97 Å². The van der Waals surface area contributed by atoms with Crippen LogP contribution in [0.5, 0.6) is 0 Å². The van der Waals surface area contributed by atoms with Crippen molar-refractivity contribution in [2.24, 2.45) is 0 Å². The molecule has 1 N–H and O–H groups in total. The van der Waals surface area contributed by atoms with E-state index in [0.29, 0.717) is 5.75 Å². The van der Waals surface area contributed by atoms with Gasteiger partial charge in [-0.2, -0.15) is 12.6 Å². The summed E-state index contributed by atoms with van der Waals surface area (Å²) < 4.78 is 0. The van der Waals surface area contributed by atoms with Crippen molar-refractivity contribution in [3.05, 3.63) is 0 Å². The zero-order valence-electron chi connectivity index (χ0n) is 3.52. The Morgan fingerprint density at radius 2 is 2.14 bits per heavy atom. The zero-order valence-corrected chi connectivity index (χ0v) is 5.35. The minimum Gasteiger partial charge on any atom is -0.481 e. The van der Waals surface area contributed by atoms with Crippen LogP contribution in [-0.2, 0) is 21.9 Å². The Morgan fingerprint density at radius 1 is 1.71 bits per heavy atom. The molecular formula is C3H6CuO2S. The van der Waals surface area contributed by atoms with E-state index in [-0.39, 0.29) is 23.5 Å². The standard InChI is InChI=1S/C3H6O2S.Cu/c4-3(5)1-2-6;/h6H,1-2H2,(H,4,5);. The van der Waals surface area contributed by atoms with E-state index >= 15 is 0 Å². The molecule has 0 fully saturated rings. The van der Waals surface area contributed by atoms with Gasteiger partial charge in [-0.1, -0.05) is 0 Å². The second-order valence-corrected chi connectivity index (χ2v) is 1.31. The summed E-state index contributed by atoms with van der Waals surface area (Å²) in [4.78, 5) is 9.55. The maximum atomic E-state index is 9.55. The van der Waals surface area contributed by atoms with Crippen molar-refractivity contribution in [3.63, 3.8) is 0 Å². The fraction of sp³-hybridized carbons (Fsp3) is 0.667. The summed E-state index contributed by atoms with van der Waals surface area (Å²) in [5, 5.41) is 7.86. The molecule has 1 radical (unpaired) electrons. The largest absolute Gasteiger partial charge is 0.481 e. The van der Waals surface area contributed by atoms with E-state index in [1.54, 1.807) is 0 Å². The average molecular weight is 170 g/mol.